The van der Waals surface area contributed by atoms with Crippen molar-refractivity contribution in [2.75, 3.05) is 0 Å². The Labute approximate surface area is 206 Å². The Morgan fingerprint density at radius 2 is 1.55 bits per heavy atom. The Morgan fingerprint density at radius 1 is 1.00 bits per heavy atom. The molecule has 0 amide bonds. The third kappa shape index (κ3) is 6.35. The second kappa shape index (κ2) is 10.3. The molecule has 142 valence electrons. The SMILES string of the molecule is O=C(O)c1cc(N=Nc2cc(S(=O)(=O)[O-])cc([N+](=O)[O-])c2[O-])c(O)cc1O.[Na+].[Na+]. The van der Waals surface area contributed by atoms with Gasteiger partial charge in [0.2, 0.25) is 0 Å². The molecule has 0 spiro atoms. The van der Waals surface area contributed by atoms with Crippen molar-refractivity contribution in [2.24, 2.45) is 10.2 Å². The summed E-state index contributed by atoms with van der Waals surface area (Å²) in [6.45, 7) is 0. The van der Waals surface area contributed by atoms with Crippen molar-refractivity contribution >= 4 is 33.1 Å². The second-order valence-corrected chi connectivity index (χ2v) is 6.24. The van der Waals surface area contributed by atoms with Crippen LogP contribution in [0.15, 0.2) is 39.4 Å². The number of phenols is 2. The number of carboxylic acid groups (broad SMARTS) is 1. The molecule has 2 rings (SSSR count). The Balaban J connectivity index is 0.00000392. The molecule has 0 fully saturated rings. The minimum atomic E-state index is -5.17. The van der Waals surface area contributed by atoms with Crippen molar-refractivity contribution in [3.8, 4) is 17.2 Å². The first kappa shape index (κ1) is 27.2. The molecule has 3 N–H and O–H groups in total. The molecule has 29 heavy (non-hydrogen) atoms. The molecule has 0 bridgehead atoms. The van der Waals surface area contributed by atoms with E-state index in [-0.39, 0.29) is 65.2 Å². The van der Waals surface area contributed by atoms with Crippen LogP contribution in [0.2, 0.25) is 0 Å². The maximum atomic E-state index is 11.9. The van der Waals surface area contributed by atoms with E-state index < -0.39 is 65.8 Å². The molecule has 0 aliphatic rings. The monoisotopic (exact) mass is 443 g/mol. The summed E-state index contributed by atoms with van der Waals surface area (Å²) in [5.41, 5.74) is -3.39. The summed E-state index contributed by atoms with van der Waals surface area (Å²) < 4.78 is 33.2. The Bertz CT molecular complexity index is 1100. The molecule has 2 aromatic carbocycles. The standard InChI is InChI=1S/C13H9N3O10S.2Na/c17-10-4-11(18)7(3-6(10)13(20)21)14-15-8-1-5(27(24,25)26)2-9(12(8)19)16(22)23;;/h1-4,17-19H,(H,20,21)(H,24,25,26);;/q;2*+1/p-2. The number of nitrogens with zero attached hydrogens (tertiary/aromatic N) is 3. The van der Waals surface area contributed by atoms with Gasteiger partial charge in [-0.1, -0.05) is 0 Å². The maximum absolute atomic E-state index is 11.9. The average molecular weight is 443 g/mol. The van der Waals surface area contributed by atoms with E-state index in [4.69, 9.17) is 5.11 Å². The van der Waals surface area contributed by atoms with Crippen LogP contribution in [0.4, 0.5) is 17.1 Å². The molecule has 0 aliphatic carbocycles. The van der Waals surface area contributed by atoms with E-state index in [1.165, 1.54) is 0 Å². The summed E-state index contributed by atoms with van der Waals surface area (Å²) in [6.07, 6.45) is 0. The summed E-state index contributed by atoms with van der Waals surface area (Å²) in [5, 5.41) is 57.3. The molecule has 0 unspecified atom stereocenters. The molecule has 0 aliphatic heterocycles. The van der Waals surface area contributed by atoms with Crippen LogP contribution in [0.5, 0.6) is 17.2 Å². The smallest absolute Gasteiger partial charge is 0.866 e. The van der Waals surface area contributed by atoms with Gasteiger partial charge in [-0.3, -0.25) is 10.1 Å². The van der Waals surface area contributed by atoms with Gasteiger partial charge in [-0.05, 0) is 12.1 Å². The number of aromatic hydroxyl groups is 2. The van der Waals surface area contributed by atoms with E-state index in [2.05, 4.69) is 10.2 Å². The van der Waals surface area contributed by atoms with Crippen LogP contribution in [0.1, 0.15) is 10.4 Å². The van der Waals surface area contributed by atoms with Crippen molar-refractivity contribution < 1.29 is 102 Å². The van der Waals surface area contributed by atoms with Gasteiger partial charge >= 0.3 is 65.1 Å². The number of nitro groups is 1. The van der Waals surface area contributed by atoms with Crippen molar-refractivity contribution in [2.45, 2.75) is 4.90 Å². The van der Waals surface area contributed by atoms with Crippen molar-refractivity contribution in [1.29, 1.82) is 0 Å². The largest absolute Gasteiger partial charge is 1.00 e. The van der Waals surface area contributed by atoms with Crippen LogP contribution in [-0.4, -0.2) is 39.2 Å². The molecule has 16 heteroatoms. The Kier molecular flexibility index (Phi) is 9.68. The summed E-state index contributed by atoms with van der Waals surface area (Å²) in [5.74, 6) is -4.49. The van der Waals surface area contributed by atoms with Gasteiger partial charge in [0.05, 0.1) is 15.5 Å². The van der Waals surface area contributed by atoms with Gasteiger partial charge in [-0.25, -0.2) is 13.2 Å². The minimum Gasteiger partial charge on any atom is -0.866 e. The number of nitro benzene ring substituents is 1. The summed E-state index contributed by atoms with van der Waals surface area (Å²) in [7, 11) is -5.17. The first-order valence-corrected chi connectivity index (χ1v) is 7.99. The zero-order valence-electron chi connectivity index (χ0n) is 14.8. The fourth-order valence-electron chi connectivity index (χ4n) is 1.85. The predicted molar refractivity (Wildman–Crippen MR) is 81.4 cm³/mol. The first-order chi connectivity index (χ1) is 12.4. The number of phenolic OH excluding ortho intramolecular Hbond substituents is 1. The normalized spacial score (nSPS) is 10.8. The Morgan fingerprint density at radius 3 is 2.03 bits per heavy atom. The number of aromatic carboxylic acids is 1. The number of carbonyl (C=O) groups is 1. The molecule has 0 heterocycles. The zero-order valence-corrected chi connectivity index (χ0v) is 19.6. The number of azo groups is 1. The fourth-order valence-corrected chi connectivity index (χ4v) is 2.36. The van der Waals surface area contributed by atoms with Gasteiger partial charge in [0, 0.05) is 17.9 Å². The van der Waals surface area contributed by atoms with Gasteiger partial charge in [0.15, 0.2) is 0 Å². The number of benzene rings is 2. The van der Waals surface area contributed by atoms with E-state index in [1.54, 1.807) is 0 Å². The number of hydrogen-bond acceptors (Lipinski definition) is 11. The van der Waals surface area contributed by atoms with Crippen molar-refractivity contribution in [3.05, 3.63) is 39.9 Å². The van der Waals surface area contributed by atoms with Gasteiger partial charge in [0.25, 0.3) is 5.69 Å². The predicted octanol–water partition coefficient (Wildman–Crippen LogP) is -4.89. The molecular formula is C13H7N3Na2O10S. The van der Waals surface area contributed by atoms with Gasteiger partial charge in [-0.2, -0.15) is 5.11 Å². The molecule has 0 saturated heterocycles. The summed E-state index contributed by atoms with van der Waals surface area (Å²) in [4.78, 5) is 19.5. The van der Waals surface area contributed by atoms with Crippen LogP contribution in [0.25, 0.3) is 0 Å². The second-order valence-electron chi connectivity index (χ2n) is 4.87. The zero-order chi connectivity index (χ0) is 20.5. The Hall–Kier alpha value is -1.78. The van der Waals surface area contributed by atoms with Crippen LogP contribution in [0.3, 0.4) is 0 Å². The van der Waals surface area contributed by atoms with E-state index in [0.29, 0.717) is 18.2 Å². The van der Waals surface area contributed by atoms with Crippen LogP contribution < -0.4 is 64.2 Å². The summed E-state index contributed by atoms with van der Waals surface area (Å²) >= 11 is 0. The number of rotatable bonds is 5. The molecular weight excluding hydrogens is 436 g/mol. The van der Waals surface area contributed by atoms with E-state index in [1.807, 2.05) is 0 Å². The molecule has 2 aromatic rings. The topological polar surface area (TPSA) is 226 Å². The van der Waals surface area contributed by atoms with Crippen LogP contribution in [-0.2, 0) is 10.1 Å². The van der Waals surface area contributed by atoms with Crippen LogP contribution in [0, 0.1) is 10.1 Å². The summed E-state index contributed by atoms with van der Waals surface area (Å²) in [6, 6.07) is 2.02. The van der Waals surface area contributed by atoms with E-state index >= 15 is 0 Å². The maximum Gasteiger partial charge on any atom is 1.00 e. The van der Waals surface area contributed by atoms with Gasteiger partial charge < -0.3 is 25.0 Å². The van der Waals surface area contributed by atoms with Crippen LogP contribution >= 0.6 is 0 Å². The van der Waals surface area contributed by atoms with Crippen molar-refractivity contribution in [1.82, 2.24) is 0 Å². The molecule has 0 saturated carbocycles. The van der Waals surface area contributed by atoms with Crippen molar-refractivity contribution in [3.63, 3.8) is 0 Å². The number of carboxylic acids is 1. The van der Waals surface area contributed by atoms with Gasteiger partial charge in [0.1, 0.15) is 32.9 Å². The number of hydrogen-bond donors (Lipinski definition) is 3. The molecule has 0 atom stereocenters. The van der Waals surface area contributed by atoms with E-state index in [9.17, 15) is 43.2 Å². The third-order valence-corrected chi connectivity index (χ3v) is 3.91. The minimum absolute atomic E-state index is 0. The third-order valence-electron chi connectivity index (χ3n) is 3.10. The fraction of sp³-hybridized carbons (Fsp3) is 0. The molecule has 0 aromatic heterocycles. The van der Waals surface area contributed by atoms with E-state index in [0.717, 1.165) is 0 Å². The average Bonchev–Trinajstić information content (AvgIpc) is 2.53. The molecule has 0 radical (unpaired) electrons. The quantitative estimate of drug-likeness (QED) is 0.131. The van der Waals surface area contributed by atoms with Gasteiger partial charge in [-0.15, -0.1) is 5.11 Å². The molecule has 13 nitrogen and oxygen atoms in total. The first-order valence-electron chi connectivity index (χ1n) is 6.58.